The second-order valence-electron chi connectivity index (χ2n) is 5.75. The van der Waals surface area contributed by atoms with Crippen molar-refractivity contribution in [1.29, 1.82) is 5.26 Å². The summed E-state index contributed by atoms with van der Waals surface area (Å²) in [6.07, 6.45) is 4.38. The molecule has 0 aliphatic carbocycles. The largest absolute Gasteiger partial charge is 0.311 e. The number of nitriles is 1. The van der Waals surface area contributed by atoms with Gasteiger partial charge in [-0.1, -0.05) is 6.07 Å². The van der Waals surface area contributed by atoms with Gasteiger partial charge in [-0.15, -0.1) is 0 Å². The maximum atomic E-state index is 12.6. The quantitative estimate of drug-likeness (QED) is 0.823. The second-order valence-corrected chi connectivity index (χ2v) is 5.75. The number of amides is 1. The highest BCUT2D eigenvalue weighted by Gasteiger charge is 2.16. The smallest absolute Gasteiger partial charge is 0.228 e. The van der Waals surface area contributed by atoms with E-state index >= 15 is 0 Å². The van der Waals surface area contributed by atoms with Gasteiger partial charge in [-0.05, 0) is 49.6 Å². The first kappa shape index (κ1) is 16.8. The molecule has 1 heterocycles. The molecule has 0 saturated heterocycles. The van der Waals surface area contributed by atoms with Gasteiger partial charge in [0.2, 0.25) is 5.91 Å². The number of anilines is 1. The highest BCUT2D eigenvalue weighted by molar-refractivity contribution is 5.93. The standard InChI is InChI=1S/C18H22N4O/c1-14-12-20-21(13-14)10-7-18(23)22(9-4-8-19)17-6-5-15(2)16(3)11-17/h5-6,11-13H,4,7,9-10H2,1-3H3. The minimum atomic E-state index is 0.0108. The van der Waals surface area contributed by atoms with Crippen molar-refractivity contribution in [2.24, 2.45) is 0 Å². The van der Waals surface area contributed by atoms with Gasteiger partial charge in [-0.3, -0.25) is 9.48 Å². The van der Waals surface area contributed by atoms with Crippen LogP contribution in [-0.4, -0.2) is 22.2 Å². The van der Waals surface area contributed by atoms with Crippen molar-refractivity contribution >= 4 is 11.6 Å². The van der Waals surface area contributed by atoms with Crippen LogP contribution in [-0.2, 0) is 11.3 Å². The van der Waals surface area contributed by atoms with Crippen LogP contribution in [0.25, 0.3) is 0 Å². The summed E-state index contributed by atoms with van der Waals surface area (Å²) in [5.74, 6) is 0.0108. The summed E-state index contributed by atoms with van der Waals surface area (Å²) in [6, 6.07) is 8.07. The number of benzene rings is 1. The van der Waals surface area contributed by atoms with Gasteiger partial charge in [0.15, 0.2) is 0 Å². The van der Waals surface area contributed by atoms with Gasteiger partial charge in [0.1, 0.15) is 0 Å². The van der Waals surface area contributed by atoms with E-state index in [1.807, 2.05) is 45.2 Å². The Morgan fingerprint density at radius 1 is 1.30 bits per heavy atom. The van der Waals surface area contributed by atoms with Gasteiger partial charge in [-0.25, -0.2) is 0 Å². The van der Waals surface area contributed by atoms with Crippen LogP contribution in [0.3, 0.4) is 0 Å². The van der Waals surface area contributed by atoms with E-state index in [1.54, 1.807) is 15.8 Å². The van der Waals surface area contributed by atoms with Gasteiger partial charge in [0, 0.05) is 31.4 Å². The molecule has 0 N–H and O–H groups in total. The summed E-state index contributed by atoms with van der Waals surface area (Å²) in [5, 5.41) is 13.1. The maximum Gasteiger partial charge on any atom is 0.228 e. The van der Waals surface area contributed by atoms with Gasteiger partial charge in [0.05, 0.1) is 18.7 Å². The van der Waals surface area contributed by atoms with Crippen molar-refractivity contribution in [2.75, 3.05) is 11.4 Å². The zero-order valence-electron chi connectivity index (χ0n) is 13.9. The minimum absolute atomic E-state index is 0.0108. The van der Waals surface area contributed by atoms with Gasteiger partial charge in [0.25, 0.3) is 0 Å². The molecule has 2 aromatic rings. The van der Waals surface area contributed by atoms with Crippen molar-refractivity contribution in [3.05, 3.63) is 47.3 Å². The Morgan fingerprint density at radius 2 is 2.09 bits per heavy atom. The Kier molecular flexibility index (Phi) is 5.53. The predicted octanol–water partition coefficient (Wildman–Crippen LogP) is 3.15. The van der Waals surface area contributed by atoms with E-state index < -0.39 is 0 Å². The van der Waals surface area contributed by atoms with E-state index in [2.05, 4.69) is 11.2 Å². The molecule has 0 atom stereocenters. The van der Waals surface area contributed by atoms with Gasteiger partial charge in [-0.2, -0.15) is 10.4 Å². The van der Waals surface area contributed by atoms with E-state index in [-0.39, 0.29) is 5.91 Å². The number of carbonyl (C=O) groups is 1. The fourth-order valence-corrected chi connectivity index (χ4v) is 2.39. The average Bonchev–Trinajstić information content (AvgIpc) is 2.94. The summed E-state index contributed by atoms with van der Waals surface area (Å²) in [5.41, 5.74) is 4.26. The molecule has 0 bridgehead atoms. The van der Waals surface area contributed by atoms with E-state index in [0.717, 1.165) is 16.8 Å². The number of aryl methyl sites for hydroxylation is 4. The summed E-state index contributed by atoms with van der Waals surface area (Å²) >= 11 is 0. The topological polar surface area (TPSA) is 61.9 Å². The van der Waals surface area contributed by atoms with Crippen LogP contribution in [0.15, 0.2) is 30.6 Å². The third-order valence-corrected chi connectivity index (χ3v) is 3.87. The highest BCUT2D eigenvalue weighted by Crippen LogP contribution is 2.20. The van der Waals surface area contributed by atoms with Crippen LogP contribution in [0, 0.1) is 32.1 Å². The Hall–Kier alpha value is -2.61. The van der Waals surface area contributed by atoms with E-state index in [9.17, 15) is 4.79 Å². The summed E-state index contributed by atoms with van der Waals surface area (Å²) in [4.78, 5) is 14.3. The van der Waals surface area contributed by atoms with Gasteiger partial charge >= 0.3 is 0 Å². The van der Waals surface area contributed by atoms with Crippen molar-refractivity contribution in [2.45, 2.75) is 40.2 Å². The lowest BCUT2D eigenvalue weighted by molar-refractivity contribution is -0.118. The van der Waals surface area contributed by atoms with Crippen molar-refractivity contribution in [3.8, 4) is 6.07 Å². The van der Waals surface area contributed by atoms with Crippen LogP contribution in [0.1, 0.15) is 29.5 Å². The fourth-order valence-electron chi connectivity index (χ4n) is 2.39. The molecule has 1 aromatic heterocycles. The second kappa shape index (κ2) is 7.59. The third kappa shape index (κ3) is 4.43. The molecule has 5 heteroatoms. The Balaban J connectivity index is 2.11. The summed E-state index contributed by atoms with van der Waals surface area (Å²) in [6.45, 7) is 7.00. The molecule has 1 aromatic carbocycles. The SMILES string of the molecule is Cc1cnn(CCC(=O)N(CCC#N)c2ccc(C)c(C)c2)c1. The number of hydrogen-bond donors (Lipinski definition) is 0. The van der Waals surface area contributed by atoms with Crippen LogP contribution in [0.2, 0.25) is 0 Å². The van der Waals surface area contributed by atoms with E-state index in [4.69, 9.17) is 5.26 Å². The lowest BCUT2D eigenvalue weighted by atomic mass is 10.1. The molecule has 0 aliphatic heterocycles. The van der Waals surface area contributed by atoms with Crippen molar-refractivity contribution in [1.82, 2.24) is 9.78 Å². The third-order valence-electron chi connectivity index (χ3n) is 3.87. The fraction of sp³-hybridized carbons (Fsp3) is 0.389. The minimum Gasteiger partial charge on any atom is -0.311 e. The van der Waals surface area contributed by atoms with Crippen molar-refractivity contribution < 1.29 is 4.79 Å². The maximum absolute atomic E-state index is 12.6. The van der Waals surface area contributed by atoms with E-state index in [1.165, 1.54) is 5.56 Å². The average molecular weight is 310 g/mol. The van der Waals surface area contributed by atoms with Crippen LogP contribution in [0.5, 0.6) is 0 Å². The van der Waals surface area contributed by atoms with Crippen LogP contribution >= 0.6 is 0 Å². The molecular formula is C18H22N4O. The molecule has 0 unspecified atom stereocenters. The molecule has 0 aliphatic rings. The Bertz CT molecular complexity index is 727. The molecule has 120 valence electrons. The highest BCUT2D eigenvalue weighted by atomic mass is 16.2. The number of carbonyl (C=O) groups excluding carboxylic acids is 1. The predicted molar refractivity (Wildman–Crippen MR) is 90.1 cm³/mol. The zero-order chi connectivity index (χ0) is 16.8. The van der Waals surface area contributed by atoms with Gasteiger partial charge < -0.3 is 4.90 Å². The van der Waals surface area contributed by atoms with E-state index in [0.29, 0.717) is 25.9 Å². The molecule has 0 spiro atoms. The summed E-state index contributed by atoms with van der Waals surface area (Å²) < 4.78 is 1.77. The number of aromatic nitrogens is 2. The molecular weight excluding hydrogens is 288 g/mol. The number of rotatable bonds is 6. The number of hydrogen-bond acceptors (Lipinski definition) is 3. The zero-order valence-corrected chi connectivity index (χ0v) is 13.9. The normalized spacial score (nSPS) is 10.3. The Labute approximate surface area is 137 Å². The van der Waals surface area contributed by atoms with Crippen LogP contribution in [0.4, 0.5) is 5.69 Å². The first-order valence-electron chi connectivity index (χ1n) is 7.75. The molecule has 0 radical (unpaired) electrons. The first-order valence-corrected chi connectivity index (χ1v) is 7.75. The lowest BCUT2D eigenvalue weighted by Crippen LogP contribution is -2.32. The molecule has 0 fully saturated rings. The monoisotopic (exact) mass is 310 g/mol. The van der Waals surface area contributed by atoms with Crippen LogP contribution < -0.4 is 4.90 Å². The molecule has 2 rings (SSSR count). The lowest BCUT2D eigenvalue weighted by Gasteiger charge is -2.22. The molecule has 23 heavy (non-hydrogen) atoms. The molecule has 1 amide bonds. The van der Waals surface area contributed by atoms with Crippen molar-refractivity contribution in [3.63, 3.8) is 0 Å². The molecule has 5 nitrogen and oxygen atoms in total. The first-order chi connectivity index (χ1) is 11.0. The summed E-state index contributed by atoms with van der Waals surface area (Å²) in [7, 11) is 0. The Morgan fingerprint density at radius 3 is 2.70 bits per heavy atom. The molecule has 0 saturated carbocycles. The number of nitrogens with zero attached hydrogens (tertiary/aromatic N) is 4.